The topological polar surface area (TPSA) is 66.5 Å². The van der Waals surface area contributed by atoms with Gasteiger partial charge >= 0.3 is 6.18 Å². The second-order valence-electron chi connectivity index (χ2n) is 7.17. The Morgan fingerprint density at radius 3 is 2.26 bits per heavy atom. The van der Waals surface area contributed by atoms with Crippen molar-refractivity contribution in [2.45, 2.75) is 49.4 Å². The maximum absolute atomic E-state index is 13.6. The fraction of sp³-hybridized carbons (Fsp3) is 0.318. The number of imide groups is 1. The third-order valence-electron chi connectivity index (χ3n) is 4.90. The van der Waals surface area contributed by atoms with E-state index in [9.17, 15) is 27.6 Å². The van der Waals surface area contributed by atoms with Gasteiger partial charge in [0.05, 0.1) is 16.9 Å². The summed E-state index contributed by atoms with van der Waals surface area (Å²) < 4.78 is 40.7. The summed E-state index contributed by atoms with van der Waals surface area (Å²) in [5.41, 5.74) is -0.820. The zero-order valence-corrected chi connectivity index (χ0v) is 17.8. The molecule has 164 valence electrons. The Morgan fingerprint density at radius 2 is 1.71 bits per heavy atom. The molecule has 0 aliphatic carbocycles. The van der Waals surface area contributed by atoms with Crippen molar-refractivity contribution >= 4 is 40.9 Å². The third kappa shape index (κ3) is 5.28. The fourth-order valence-electron chi connectivity index (χ4n) is 3.08. The van der Waals surface area contributed by atoms with Gasteiger partial charge in [0.15, 0.2) is 0 Å². The number of nitrogens with zero attached hydrogens (tertiary/aromatic N) is 1. The molecule has 1 fully saturated rings. The second kappa shape index (κ2) is 9.13. The van der Waals surface area contributed by atoms with E-state index in [0.717, 1.165) is 17.4 Å². The molecule has 1 saturated heterocycles. The Morgan fingerprint density at radius 1 is 1.10 bits per heavy atom. The molecule has 1 unspecified atom stereocenters. The van der Waals surface area contributed by atoms with E-state index in [0.29, 0.717) is 10.6 Å². The van der Waals surface area contributed by atoms with Crippen molar-refractivity contribution in [3.63, 3.8) is 0 Å². The van der Waals surface area contributed by atoms with Crippen LogP contribution in [0.1, 0.15) is 49.0 Å². The lowest BCUT2D eigenvalue weighted by Gasteiger charge is -2.17. The van der Waals surface area contributed by atoms with Crippen LogP contribution in [0.4, 0.5) is 24.5 Å². The fourth-order valence-corrected chi connectivity index (χ4v) is 4.04. The van der Waals surface area contributed by atoms with Crippen LogP contribution in [0.25, 0.3) is 0 Å². The number of halogens is 3. The molecule has 2 aromatic carbocycles. The van der Waals surface area contributed by atoms with Crippen molar-refractivity contribution in [1.82, 2.24) is 0 Å². The summed E-state index contributed by atoms with van der Waals surface area (Å²) in [6.07, 6.45) is -3.55. The number of nitrogens with one attached hydrogen (secondary N) is 1. The molecule has 5 nitrogen and oxygen atoms in total. The van der Waals surface area contributed by atoms with Gasteiger partial charge in [0.2, 0.25) is 11.8 Å². The van der Waals surface area contributed by atoms with Crippen LogP contribution >= 0.6 is 11.8 Å². The highest BCUT2D eigenvalue weighted by Gasteiger charge is 2.35. The van der Waals surface area contributed by atoms with Crippen molar-refractivity contribution in [2.24, 2.45) is 0 Å². The van der Waals surface area contributed by atoms with Crippen molar-refractivity contribution in [3.05, 3.63) is 53.6 Å². The van der Waals surface area contributed by atoms with Crippen LogP contribution in [-0.2, 0) is 15.8 Å². The quantitative estimate of drug-likeness (QED) is 0.466. The molecule has 1 aliphatic rings. The first-order valence-corrected chi connectivity index (χ1v) is 10.6. The first-order chi connectivity index (χ1) is 14.6. The molecule has 0 spiro atoms. The van der Waals surface area contributed by atoms with Gasteiger partial charge in [-0.3, -0.25) is 19.3 Å². The van der Waals surface area contributed by atoms with Crippen molar-refractivity contribution in [1.29, 1.82) is 0 Å². The van der Waals surface area contributed by atoms with E-state index in [4.69, 9.17) is 0 Å². The number of rotatable bonds is 6. The number of amides is 3. The van der Waals surface area contributed by atoms with Gasteiger partial charge in [0, 0.05) is 28.6 Å². The van der Waals surface area contributed by atoms with Crippen LogP contribution in [0.2, 0.25) is 0 Å². The zero-order chi connectivity index (χ0) is 22.8. The number of hydrogen-bond donors (Lipinski definition) is 1. The molecule has 1 aliphatic heterocycles. The molecule has 1 N–H and O–H groups in total. The maximum Gasteiger partial charge on any atom is 0.418 e. The van der Waals surface area contributed by atoms with Crippen LogP contribution in [0.3, 0.4) is 0 Å². The Kier molecular flexibility index (Phi) is 6.74. The van der Waals surface area contributed by atoms with Gasteiger partial charge in [0.25, 0.3) is 5.91 Å². The summed E-state index contributed by atoms with van der Waals surface area (Å²) in [5.74, 6) is -1.38. The number of alkyl halides is 3. The van der Waals surface area contributed by atoms with Gasteiger partial charge in [-0.25, -0.2) is 0 Å². The normalized spacial score (nSPS) is 15.3. The molecular weight excluding hydrogens is 429 g/mol. The highest BCUT2D eigenvalue weighted by atomic mass is 32.2. The number of carbonyl (C=O) groups is 3. The molecule has 0 aromatic heterocycles. The highest BCUT2D eigenvalue weighted by Crippen LogP contribution is 2.38. The largest absolute Gasteiger partial charge is 0.418 e. The lowest BCUT2D eigenvalue weighted by molar-refractivity contribution is -0.137. The van der Waals surface area contributed by atoms with Crippen LogP contribution in [0, 0.1) is 0 Å². The van der Waals surface area contributed by atoms with E-state index in [2.05, 4.69) is 5.32 Å². The van der Waals surface area contributed by atoms with E-state index < -0.39 is 17.6 Å². The van der Waals surface area contributed by atoms with Crippen LogP contribution in [0.15, 0.2) is 47.4 Å². The minimum Gasteiger partial charge on any atom is -0.321 e. The van der Waals surface area contributed by atoms with E-state index >= 15 is 0 Å². The standard InChI is InChI=1S/C22H21F3N2O3S/c1-3-13(2)31-16-8-9-18(17(12-16)22(23,24)25)26-21(30)14-4-6-15(7-5-14)27-19(28)10-11-20(27)29/h4-9,12-13H,3,10-11H2,1-2H3,(H,26,30). The Labute approximate surface area is 182 Å². The van der Waals surface area contributed by atoms with Crippen LogP contribution in [0.5, 0.6) is 0 Å². The molecule has 1 heterocycles. The number of thioether (sulfide) groups is 1. The Balaban J connectivity index is 1.81. The molecule has 3 amide bonds. The molecule has 9 heteroatoms. The summed E-state index contributed by atoms with van der Waals surface area (Å²) in [5, 5.41) is 2.48. The monoisotopic (exact) mass is 450 g/mol. The van der Waals surface area contributed by atoms with Gasteiger partial charge < -0.3 is 5.32 Å². The Bertz CT molecular complexity index is 990. The molecular formula is C22H21F3N2O3S. The van der Waals surface area contributed by atoms with Crippen molar-refractivity contribution in [3.8, 4) is 0 Å². The second-order valence-corrected chi connectivity index (χ2v) is 8.68. The average molecular weight is 450 g/mol. The summed E-state index contributed by atoms with van der Waals surface area (Å²) in [7, 11) is 0. The van der Waals surface area contributed by atoms with Gasteiger partial charge in [-0.2, -0.15) is 13.2 Å². The molecule has 0 saturated carbocycles. The van der Waals surface area contributed by atoms with Crippen LogP contribution in [-0.4, -0.2) is 23.0 Å². The SMILES string of the molecule is CCC(C)Sc1ccc(NC(=O)c2ccc(N3C(=O)CCC3=O)cc2)c(C(F)(F)F)c1. The van der Waals surface area contributed by atoms with Crippen LogP contribution < -0.4 is 10.2 Å². The minimum absolute atomic E-state index is 0.106. The number of anilines is 2. The lowest BCUT2D eigenvalue weighted by Crippen LogP contribution is -2.28. The first kappa shape index (κ1) is 22.9. The van der Waals surface area contributed by atoms with E-state index in [1.807, 2.05) is 13.8 Å². The highest BCUT2D eigenvalue weighted by molar-refractivity contribution is 7.99. The minimum atomic E-state index is -4.63. The Hall–Kier alpha value is -2.81. The van der Waals surface area contributed by atoms with Gasteiger partial charge in [-0.15, -0.1) is 11.8 Å². The van der Waals surface area contributed by atoms with Gasteiger partial charge in [-0.05, 0) is 48.9 Å². The lowest BCUT2D eigenvalue weighted by atomic mass is 10.1. The predicted octanol–water partition coefficient (Wildman–Crippen LogP) is 5.50. The molecule has 3 rings (SSSR count). The smallest absolute Gasteiger partial charge is 0.321 e. The third-order valence-corrected chi connectivity index (χ3v) is 6.16. The number of carbonyl (C=O) groups excluding carboxylic acids is 3. The van der Waals surface area contributed by atoms with Crippen molar-refractivity contribution < 1.29 is 27.6 Å². The molecule has 1 atom stereocenters. The zero-order valence-electron chi connectivity index (χ0n) is 17.0. The molecule has 0 bridgehead atoms. The summed E-state index contributed by atoms with van der Waals surface area (Å²) in [6.45, 7) is 3.89. The van der Waals surface area contributed by atoms with E-state index in [1.54, 1.807) is 6.07 Å². The first-order valence-electron chi connectivity index (χ1n) is 9.75. The average Bonchev–Trinajstić information content (AvgIpc) is 3.06. The summed E-state index contributed by atoms with van der Waals surface area (Å²) >= 11 is 1.34. The van der Waals surface area contributed by atoms with Gasteiger partial charge in [0.1, 0.15) is 0 Å². The molecule has 31 heavy (non-hydrogen) atoms. The maximum atomic E-state index is 13.6. The molecule has 0 radical (unpaired) electrons. The number of hydrogen-bond acceptors (Lipinski definition) is 4. The van der Waals surface area contributed by atoms with Gasteiger partial charge in [-0.1, -0.05) is 13.8 Å². The predicted molar refractivity (Wildman–Crippen MR) is 113 cm³/mol. The van der Waals surface area contributed by atoms with Crippen molar-refractivity contribution in [2.75, 3.05) is 10.2 Å². The molecule has 2 aromatic rings. The summed E-state index contributed by atoms with van der Waals surface area (Å²) in [6, 6.07) is 9.42. The number of benzene rings is 2. The van der Waals surface area contributed by atoms with E-state index in [-0.39, 0.29) is 41.2 Å². The van der Waals surface area contributed by atoms with E-state index in [1.165, 1.54) is 42.1 Å². The summed E-state index contributed by atoms with van der Waals surface area (Å²) in [4.78, 5) is 37.7.